The minimum absolute atomic E-state index is 0.0890. The maximum atomic E-state index is 5.84. The van der Waals surface area contributed by atoms with Gasteiger partial charge >= 0.3 is 0 Å². The molecule has 0 amide bonds. The molecule has 0 saturated heterocycles. The quantitative estimate of drug-likeness (QED) is 0.604. The van der Waals surface area contributed by atoms with Gasteiger partial charge in [-0.15, -0.1) is 0 Å². The van der Waals surface area contributed by atoms with Gasteiger partial charge in [0.2, 0.25) is 10.6 Å². The number of hydrogen-bond acceptors (Lipinski definition) is 4. The maximum absolute atomic E-state index is 5.84. The van der Waals surface area contributed by atoms with Gasteiger partial charge in [0.15, 0.2) is 5.82 Å². The van der Waals surface area contributed by atoms with Gasteiger partial charge in [-0.25, -0.2) is 0 Å². The summed E-state index contributed by atoms with van der Waals surface area (Å²) < 4.78 is 0. The van der Waals surface area contributed by atoms with Gasteiger partial charge in [-0.2, -0.15) is 15.0 Å². The lowest BCUT2D eigenvalue weighted by atomic mass is 10.0. The Morgan fingerprint density at radius 1 is 0.680 bits per heavy atom. The molecule has 25 heavy (non-hydrogen) atoms. The second-order valence-electron chi connectivity index (χ2n) is 5.49. The Morgan fingerprint density at radius 3 is 1.60 bits per heavy atom. The number of anilines is 1. The molecular formula is C19H18Cl2N4. The maximum Gasteiger partial charge on any atom is 0.227 e. The summed E-state index contributed by atoms with van der Waals surface area (Å²) >= 11 is 11.7. The molecule has 0 radical (unpaired) electrons. The van der Waals surface area contributed by atoms with E-state index in [9.17, 15) is 0 Å². The first kappa shape index (κ1) is 17.6. The third kappa shape index (κ3) is 4.09. The highest BCUT2D eigenvalue weighted by molar-refractivity contribution is 6.31. The lowest BCUT2D eigenvalue weighted by molar-refractivity contribution is 0.866. The zero-order valence-corrected chi connectivity index (χ0v) is 15.6. The average molecular weight is 373 g/mol. The van der Waals surface area contributed by atoms with Crippen LogP contribution in [0.25, 0.3) is 22.5 Å². The molecule has 0 aliphatic heterocycles. The second kappa shape index (κ2) is 7.81. The predicted molar refractivity (Wildman–Crippen MR) is 104 cm³/mol. The lowest BCUT2D eigenvalue weighted by Gasteiger charge is -2.21. The number of hydrogen-bond donors (Lipinski definition) is 0. The number of halogens is 2. The van der Waals surface area contributed by atoms with Gasteiger partial charge in [0, 0.05) is 24.3 Å². The highest BCUT2D eigenvalue weighted by atomic mass is 35.5. The Labute approximate surface area is 157 Å². The lowest BCUT2D eigenvalue weighted by Crippen LogP contribution is -2.21. The van der Waals surface area contributed by atoms with Gasteiger partial charge in [0.05, 0.1) is 0 Å². The Bertz CT molecular complexity index is 824. The molecule has 2 aromatic carbocycles. The summed E-state index contributed by atoms with van der Waals surface area (Å²) in [5, 5.41) is 0.178. The predicted octanol–water partition coefficient (Wildman–Crippen LogP) is 5.36. The van der Waals surface area contributed by atoms with E-state index in [0.717, 1.165) is 29.8 Å². The molecule has 4 nitrogen and oxygen atoms in total. The number of nitrogens with zero attached hydrogens (tertiary/aromatic N) is 4. The van der Waals surface area contributed by atoms with Gasteiger partial charge in [-0.3, -0.25) is 0 Å². The topological polar surface area (TPSA) is 41.9 Å². The summed E-state index contributed by atoms with van der Waals surface area (Å²) in [6.45, 7) is 6.33. The molecule has 0 bridgehead atoms. The fraction of sp³-hybridized carbons (Fsp3) is 0.211. The van der Waals surface area contributed by atoms with Crippen LogP contribution in [-0.4, -0.2) is 28.0 Å². The molecule has 0 fully saturated rings. The molecule has 0 atom stereocenters. The highest BCUT2D eigenvalue weighted by Crippen LogP contribution is 2.26. The van der Waals surface area contributed by atoms with Crippen LogP contribution in [0, 0.1) is 0 Å². The SMILES string of the molecule is CCN(CC)c1ccc(-c2ccc(-c3nc(Cl)nc(Cl)n3)cc2)cc1. The van der Waals surface area contributed by atoms with Crippen molar-refractivity contribution in [3.05, 3.63) is 59.1 Å². The first-order chi connectivity index (χ1) is 12.1. The Hall–Kier alpha value is -2.17. The van der Waals surface area contributed by atoms with Crippen LogP contribution in [0.5, 0.6) is 0 Å². The summed E-state index contributed by atoms with van der Waals surface area (Å²) in [4.78, 5) is 14.3. The summed E-state index contributed by atoms with van der Waals surface area (Å²) in [7, 11) is 0. The van der Waals surface area contributed by atoms with E-state index in [4.69, 9.17) is 23.2 Å². The Morgan fingerprint density at radius 2 is 1.12 bits per heavy atom. The zero-order valence-electron chi connectivity index (χ0n) is 14.1. The first-order valence-corrected chi connectivity index (χ1v) is 8.89. The van der Waals surface area contributed by atoms with Crippen molar-refractivity contribution in [1.29, 1.82) is 0 Å². The second-order valence-corrected chi connectivity index (χ2v) is 6.17. The van der Waals surface area contributed by atoms with Crippen molar-refractivity contribution in [3.63, 3.8) is 0 Å². The minimum Gasteiger partial charge on any atom is -0.372 e. The van der Waals surface area contributed by atoms with E-state index in [1.54, 1.807) is 0 Å². The monoisotopic (exact) mass is 372 g/mol. The van der Waals surface area contributed by atoms with Crippen molar-refractivity contribution < 1.29 is 0 Å². The van der Waals surface area contributed by atoms with Crippen LogP contribution in [-0.2, 0) is 0 Å². The van der Waals surface area contributed by atoms with Crippen molar-refractivity contribution in [3.8, 4) is 22.5 Å². The number of rotatable bonds is 5. The molecule has 1 heterocycles. The molecule has 0 spiro atoms. The van der Waals surface area contributed by atoms with E-state index in [0.29, 0.717) is 5.82 Å². The van der Waals surface area contributed by atoms with Crippen molar-refractivity contribution in [2.45, 2.75) is 13.8 Å². The minimum atomic E-state index is 0.0890. The van der Waals surface area contributed by atoms with Gasteiger partial charge in [-0.1, -0.05) is 36.4 Å². The highest BCUT2D eigenvalue weighted by Gasteiger charge is 2.07. The molecule has 3 rings (SSSR count). The number of benzene rings is 2. The Kier molecular flexibility index (Phi) is 5.51. The first-order valence-electron chi connectivity index (χ1n) is 8.13. The molecular weight excluding hydrogens is 355 g/mol. The Balaban J connectivity index is 1.85. The van der Waals surface area contributed by atoms with Crippen molar-refractivity contribution in [2.75, 3.05) is 18.0 Å². The summed E-state index contributed by atoms with van der Waals surface area (Å²) in [6.07, 6.45) is 0. The molecule has 3 aromatic rings. The van der Waals surface area contributed by atoms with E-state index < -0.39 is 0 Å². The van der Waals surface area contributed by atoms with Crippen molar-refractivity contribution >= 4 is 28.9 Å². The van der Waals surface area contributed by atoms with E-state index in [1.807, 2.05) is 24.3 Å². The van der Waals surface area contributed by atoms with Crippen LogP contribution in [0.3, 0.4) is 0 Å². The zero-order chi connectivity index (χ0) is 17.8. The van der Waals surface area contributed by atoms with Crippen LogP contribution in [0.2, 0.25) is 10.6 Å². The molecule has 0 N–H and O–H groups in total. The van der Waals surface area contributed by atoms with Gasteiger partial charge in [-0.05, 0) is 60.3 Å². The van der Waals surface area contributed by atoms with Gasteiger partial charge in [0.1, 0.15) is 0 Å². The number of aromatic nitrogens is 3. The summed E-state index contributed by atoms with van der Waals surface area (Å²) in [5.41, 5.74) is 4.37. The fourth-order valence-electron chi connectivity index (χ4n) is 2.72. The van der Waals surface area contributed by atoms with Crippen molar-refractivity contribution in [1.82, 2.24) is 15.0 Å². The average Bonchev–Trinajstić information content (AvgIpc) is 2.63. The van der Waals surface area contributed by atoms with Crippen LogP contribution < -0.4 is 4.90 Å². The van der Waals surface area contributed by atoms with E-state index >= 15 is 0 Å². The fourth-order valence-corrected chi connectivity index (χ4v) is 3.08. The van der Waals surface area contributed by atoms with Crippen LogP contribution >= 0.6 is 23.2 Å². The largest absolute Gasteiger partial charge is 0.372 e. The normalized spacial score (nSPS) is 10.7. The van der Waals surface area contributed by atoms with E-state index in [1.165, 1.54) is 5.69 Å². The van der Waals surface area contributed by atoms with Crippen molar-refractivity contribution in [2.24, 2.45) is 0 Å². The van der Waals surface area contributed by atoms with Crippen LogP contribution in [0.1, 0.15) is 13.8 Å². The molecule has 128 valence electrons. The molecule has 0 aliphatic rings. The van der Waals surface area contributed by atoms with Gasteiger partial charge < -0.3 is 4.90 Å². The third-order valence-electron chi connectivity index (χ3n) is 4.05. The van der Waals surface area contributed by atoms with Crippen LogP contribution in [0.4, 0.5) is 5.69 Å². The van der Waals surface area contributed by atoms with Crippen LogP contribution in [0.15, 0.2) is 48.5 Å². The smallest absolute Gasteiger partial charge is 0.227 e. The summed E-state index contributed by atoms with van der Waals surface area (Å²) in [6, 6.07) is 16.6. The van der Waals surface area contributed by atoms with E-state index in [2.05, 4.69) is 58.0 Å². The van der Waals surface area contributed by atoms with E-state index in [-0.39, 0.29) is 10.6 Å². The van der Waals surface area contributed by atoms with Gasteiger partial charge in [0.25, 0.3) is 0 Å². The molecule has 0 unspecified atom stereocenters. The molecule has 0 aliphatic carbocycles. The molecule has 1 aromatic heterocycles. The summed E-state index contributed by atoms with van der Waals surface area (Å²) in [5.74, 6) is 0.466. The molecule has 0 saturated carbocycles. The standard InChI is InChI=1S/C19H18Cl2N4/c1-3-25(4-2)16-11-9-14(10-12-16)13-5-7-15(8-6-13)17-22-18(20)24-19(21)23-17/h5-12H,3-4H2,1-2H3. The molecule has 6 heteroatoms. The third-order valence-corrected chi connectivity index (χ3v) is 4.39.